The van der Waals surface area contributed by atoms with Crippen molar-refractivity contribution in [2.45, 2.75) is 19.6 Å². The lowest BCUT2D eigenvalue weighted by Gasteiger charge is -2.18. The van der Waals surface area contributed by atoms with Gasteiger partial charge in [0.05, 0.1) is 0 Å². The maximum Gasteiger partial charge on any atom is 0.332 e. The Morgan fingerprint density at radius 2 is 1.35 bits per heavy atom. The van der Waals surface area contributed by atoms with E-state index in [4.69, 9.17) is 9.47 Å². The smallest absolute Gasteiger partial charge is 0.332 e. The van der Waals surface area contributed by atoms with Crippen molar-refractivity contribution in [2.24, 2.45) is 0 Å². The summed E-state index contributed by atoms with van der Waals surface area (Å²) < 4.78 is 11.2. The van der Waals surface area contributed by atoms with Crippen LogP contribution in [0.25, 0.3) is 0 Å². The van der Waals surface area contributed by atoms with Crippen LogP contribution >= 0.6 is 0 Å². The van der Waals surface area contributed by atoms with E-state index in [-0.39, 0.29) is 25.3 Å². The second-order valence-corrected chi connectivity index (χ2v) is 6.16. The molecule has 0 spiro atoms. The molecule has 0 atom stereocenters. The summed E-state index contributed by atoms with van der Waals surface area (Å²) in [5, 5.41) is 0. The number of rotatable bonds is 7. The van der Waals surface area contributed by atoms with Crippen molar-refractivity contribution in [3.8, 4) is 0 Å². The first kappa shape index (κ1) is 17.9. The molecule has 132 valence electrons. The van der Waals surface area contributed by atoms with Gasteiger partial charge in [-0.2, -0.15) is 0 Å². The molecule has 0 unspecified atom stereocenters. The van der Waals surface area contributed by atoms with Crippen molar-refractivity contribution in [3.63, 3.8) is 0 Å². The maximum atomic E-state index is 12.1. The summed E-state index contributed by atoms with van der Waals surface area (Å²) in [4.78, 5) is 12.1. The first-order valence-electron chi connectivity index (χ1n) is 8.65. The molecule has 0 aliphatic carbocycles. The molecule has 0 aliphatic heterocycles. The van der Waals surface area contributed by atoms with Gasteiger partial charge in [-0.3, -0.25) is 0 Å². The highest BCUT2D eigenvalue weighted by Gasteiger charge is 2.16. The van der Waals surface area contributed by atoms with E-state index in [1.165, 1.54) is 5.56 Å². The number of carbonyl (C=O) groups excluding carboxylic acids is 1. The van der Waals surface area contributed by atoms with Crippen LogP contribution in [0.1, 0.15) is 28.4 Å². The molecule has 3 nitrogen and oxygen atoms in total. The van der Waals surface area contributed by atoms with Crippen molar-refractivity contribution < 1.29 is 14.3 Å². The van der Waals surface area contributed by atoms with Crippen LogP contribution in [0.5, 0.6) is 0 Å². The predicted molar refractivity (Wildman–Crippen MR) is 102 cm³/mol. The Kier molecular flexibility index (Phi) is 6.18. The van der Waals surface area contributed by atoms with Gasteiger partial charge >= 0.3 is 5.97 Å². The van der Waals surface area contributed by atoms with Crippen LogP contribution in [0.3, 0.4) is 0 Å². The molecule has 3 heteroatoms. The molecule has 3 aromatic rings. The van der Waals surface area contributed by atoms with Gasteiger partial charge in [-0.1, -0.05) is 90.5 Å². The van der Waals surface area contributed by atoms with Gasteiger partial charge in [0.15, 0.2) is 0 Å². The van der Waals surface area contributed by atoms with E-state index in [1.54, 1.807) is 0 Å². The Hall–Kier alpha value is -2.91. The third-order valence-electron chi connectivity index (χ3n) is 4.09. The first-order valence-corrected chi connectivity index (χ1v) is 8.65. The fraction of sp³-hybridized carbons (Fsp3) is 0.174. The van der Waals surface area contributed by atoms with Gasteiger partial charge in [-0.25, -0.2) is 4.79 Å². The SMILES string of the molecule is Cc1ccc(COC(=O)COC(c2ccccc2)c2ccccc2)cc1. The van der Waals surface area contributed by atoms with Crippen molar-refractivity contribution in [1.29, 1.82) is 0 Å². The highest BCUT2D eigenvalue weighted by atomic mass is 16.6. The Bertz CT molecular complexity index is 772. The lowest BCUT2D eigenvalue weighted by atomic mass is 10.0. The van der Waals surface area contributed by atoms with Crippen LogP contribution < -0.4 is 0 Å². The third-order valence-corrected chi connectivity index (χ3v) is 4.09. The molecule has 0 radical (unpaired) electrons. The number of hydrogen-bond acceptors (Lipinski definition) is 3. The molecule has 0 saturated carbocycles. The molecule has 26 heavy (non-hydrogen) atoms. The maximum absolute atomic E-state index is 12.1. The molecule has 0 saturated heterocycles. The van der Waals surface area contributed by atoms with Crippen LogP contribution in [0, 0.1) is 6.92 Å². The molecule has 0 fully saturated rings. The summed E-state index contributed by atoms with van der Waals surface area (Å²) in [5.74, 6) is -0.373. The zero-order chi connectivity index (χ0) is 18.2. The van der Waals surface area contributed by atoms with Gasteiger partial charge in [-0.15, -0.1) is 0 Å². The fourth-order valence-electron chi connectivity index (χ4n) is 2.68. The average molecular weight is 346 g/mol. The van der Waals surface area contributed by atoms with Crippen molar-refractivity contribution in [1.82, 2.24) is 0 Å². The summed E-state index contributed by atoms with van der Waals surface area (Å²) >= 11 is 0. The molecule has 3 rings (SSSR count). The van der Waals surface area contributed by atoms with E-state index in [2.05, 4.69) is 0 Å². The summed E-state index contributed by atoms with van der Waals surface area (Å²) in [5.41, 5.74) is 4.15. The number of carbonyl (C=O) groups is 1. The number of hydrogen-bond donors (Lipinski definition) is 0. The Balaban J connectivity index is 1.60. The van der Waals surface area contributed by atoms with Gasteiger partial charge in [0, 0.05) is 0 Å². The Morgan fingerprint density at radius 3 is 1.88 bits per heavy atom. The molecular weight excluding hydrogens is 324 g/mol. The van der Waals surface area contributed by atoms with Gasteiger partial charge in [0.2, 0.25) is 0 Å². The number of aryl methyl sites for hydroxylation is 1. The minimum Gasteiger partial charge on any atom is -0.459 e. The first-order chi connectivity index (χ1) is 12.7. The predicted octanol–water partition coefficient (Wildman–Crippen LogP) is 4.84. The highest BCUT2D eigenvalue weighted by molar-refractivity contribution is 5.70. The standard InChI is InChI=1S/C23H22O3/c1-18-12-14-19(15-13-18)16-25-22(24)17-26-23(20-8-4-2-5-9-20)21-10-6-3-7-11-21/h2-15,23H,16-17H2,1H3. The Labute approximate surface area is 154 Å². The van der Waals surface area contributed by atoms with Crippen LogP contribution in [0.4, 0.5) is 0 Å². The van der Waals surface area contributed by atoms with Crippen LogP contribution in [-0.2, 0) is 20.9 Å². The fourth-order valence-corrected chi connectivity index (χ4v) is 2.68. The normalized spacial score (nSPS) is 10.7. The summed E-state index contributed by atoms with van der Waals surface area (Å²) in [6, 6.07) is 27.7. The van der Waals surface area contributed by atoms with E-state index >= 15 is 0 Å². The van der Waals surface area contributed by atoms with Gasteiger partial charge in [-0.05, 0) is 23.6 Å². The van der Waals surface area contributed by atoms with E-state index in [9.17, 15) is 4.79 Å². The second kappa shape index (κ2) is 8.97. The van der Waals surface area contributed by atoms with Gasteiger partial charge in [0.25, 0.3) is 0 Å². The van der Waals surface area contributed by atoms with Crippen molar-refractivity contribution in [3.05, 3.63) is 107 Å². The average Bonchev–Trinajstić information content (AvgIpc) is 2.69. The monoisotopic (exact) mass is 346 g/mol. The van der Waals surface area contributed by atoms with Crippen LogP contribution in [0.2, 0.25) is 0 Å². The van der Waals surface area contributed by atoms with Crippen molar-refractivity contribution in [2.75, 3.05) is 6.61 Å². The largest absolute Gasteiger partial charge is 0.459 e. The lowest BCUT2D eigenvalue weighted by molar-refractivity contribution is -0.151. The second-order valence-electron chi connectivity index (χ2n) is 6.16. The quantitative estimate of drug-likeness (QED) is 0.574. The molecule has 0 bridgehead atoms. The lowest BCUT2D eigenvalue weighted by Crippen LogP contribution is -2.16. The molecule has 0 aromatic heterocycles. The molecule has 0 heterocycles. The molecule has 3 aromatic carbocycles. The Morgan fingerprint density at radius 1 is 0.808 bits per heavy atom. The highest BCUT2D eigenvalue weighted by Crippen LogP contribution is 2.25. The van der Waals surface area contributed by atoms with E-state index < -0.39 is 0 Å². The molecule has 0 N–H and O–H groups in total. The molecular formula is C23H22O3. The number of ether oxygens (including phenoxy) is 2. The van der Waals surface area contributed by atoms with Crippen LogP contribution in [-0.4, -0.2) is 12.6 Å². The minimum absolute atomic E-state index is 0.0969. The van der Waals surface area contributed by atoms with Gasteiger partial charge < -0.3 is 9.47 Å². The summed E-state index contributed by atoms with van der Waals surface area (Å²) in [6.45, 7) is 2.18. The zero-order valence-electron chi connectivity index (χ0n) is 14.8. The minimum atomic E-state index is -0.373. The summed E-state index contributed by atoms with van der Waals surface area (Å²) in [6.07, 6.45) is -0.302. The number of esters is 1. The van der Waals surface area contributed by atoms with Crippen LogP contribution in [0.15, 0.2) is 84.9 Å². The summed E-state index contributed by atoms with van der Waals surface area (Å²) in [7, 11) is 0. The molecule has 0 aliphatic rings. The molecule has 0 amide bonds. The zero-order valence-corrected chi connectivity index (χ0v) is 14.8. The van der Waals surface area contributed by atoms with Gasteiger partial charge in [0.1, 0.15) is 19.3 Å². The van der Waals surface area contributed by atoms with E-state index in [0.29, 0.717) is 0 Å². The third kappa shape index (κ3) is 5.04. The topological polar surface area (TPSA) is 35.5 Å². The van der Waals surface area contributed by atoms with E-state index in [1.807, 2.05) is 91.9 Å². The number of benzene rings is 3. The van der Waals surface area contributed by atoms with Crippen molar-refractivity contribution >= 4 is 5.97 Å². The van der Waals surface area contributed by atoms with E-state index in [0.717, 1.165) is 16.7 Å².